The number of primary sulfonamides is 1. The maximum atomic E-state index is 12.2. The van der Waals surface area contributed by atoms with Gasteiger partial charge in [-0.25, -0.2) is 13.6 Å². The normalized spacial score (nSPS) is 11.6. The number of sulfonamides is 1. The molecule has 0 aliphatic rings. The zero-order valence-electron chi connectivity index (χ0n) is 15.3. The second kappa shape index (κ2) is 8.91. The lowest BCUT2D eigenvalue weighted by Crippen LogP contribution is -2.15. The Morgan fingerprint density at radius 2 is 1.86 bits per heavy atom. The topological polar surface area (TPSA) is 98.5 Å². The SMILES string of the molecule is COc1ccc(NC(=O)/C=C/c2ccc(-c3ccc(Br)cc3)s2)cc1S(N)(=O)=O. The van der Waals surface area contributed by atoms with Crippen LogP contribution in [-0.2, 0) is 14.8 Å². The lowest BCUT2D eigenvalue weighted by atomic mass is 10.2. The fourth-order valence-electron chi connectivity index (χ4n) is 2.53. The average molecular weight is 493 g/mol. The third kappa shape index (κ3) is 5.54. The van der Waals surface area contributed by atoms with Gasteiger partial charge in [0.25, 0.3) is 0 Å². The van der Waals surface area contributed by atoms with Crippen LogP contribution < -0.4 is 15.2 Å². The number of carbonyl (C=O) groups excluding carboxylic acids is 1. The molecule has 1 aromatic heterocycles. The Balaban J connectivity index is 1.71. The first-order valence-corrected chi connectivity index (χ1v) is 11.5. The number of methoxy groups -OCH3 is 1. The van der Waals surface area contributed by atoms with Gasteiger partial charge in [0, 0.05) is 26.0 Å². The van der Waals surface area contributed by atoms with Crippen LogP contribution in [0.25, 0.3) is 16.5 Å². The van der Waals surface area contributed by atoms with E-state index in [1.807, 2.05) is 36.4 Å². The van der Waals surface area contributed by atoms with Gasteiger partial charge in [-0.15, -0.1) is 11.3 Å². The predicted molar refractivity (Wildman–Crippen MR) is 119 cm³/mol. The van der Waals surface area contributed by atoms with Crippen molar-refractivity contribution in [2.75, 3.05) is 12.4 Å². The smallest absolute Gasteiger partial charge is 0.248 e. The first kappa shape index (κ1) is 21.3. The number of hydrogen-bond acceptors (Lipinski definition) is 5. The Kier molecular flexibility index (Phi) is 6.53. The van der Waals surface area contributed by atoms with Crippen molar-refractivity contribution in [2.24, 2.45) is 5.14 Å². The van der Waals surface area contributed by atoms with Gasteiger partial charge in [0.05, 0.1) is 7.11 Å². The van der Waals surface area contributed by atoms with Gasteiger partial charge < -0.3 is 10.1 Å². The molecule has 1 heterocycles. The third-order valence-electron chi connectivity index (χ3n) is 3.89. The molecular formula is C20H17BrN2O4S2. The number of thiophene rings is 1. The molecule has 3 N–H and O–H groups in total. The van der Waals surface area contributed by atoms with Crippen LogP contribution in [0.5, 0.6) is 5.75 Å². The molecule has 6 nitrogen and oxygen atoms in total. The van der Waals surface area contributed by atoms with E-state index in [0.29, 0.717) is 5.69 Å². The lowest BCUT2D eigenvalue weighted by molar-refractivity contribution is -0.111. The van der Waals surface area contributed by atoms with Crippen LogP contribution in [0.15, 0.2) is 70.0 Å². The quantitative estimate of drug-likeness (QED) is 0.495. The van der Waals surface area contributed by atoms with Gasteiger partial charge >= 0.3 is 0 Å². The van der Waals surface area contributed by atoms with Crippen LogP contribution in [0.4, 0.5) is 5.69 Å². The monoisotopic (exact) mass is 492 g/mol. The molecule has 150 valence electrons. The standard InChI is InChI=1S/C20H17BrN2O4S2/c1-27-17-9-6-15(12-19(17)29(22,25)26)23-20(24)11-8-16-7-10-18(28-16)13-2-4-14(21)5-3-13/h2-12H,1H3,(H,23,24)(H2,22,25,26)/b11-8+. The van der Waals surface area contributed by atoms with E-state index >= 15 is 0 Å². The third-order valence-corrected chi connectivity index (χ3v) is 6.45. The Bertz CT molecular complexity index is 1170. The van der Waals surface area contributed by atoms with E-state index in [-0.39, 0.29) is 10.6 Å². The number of carbonyl (C=O) groups is 1. The average Bonchev–Trinajstić information content (AvgIpc) is 3.15. The Hall–Kier alpha value is -2.46. The van der Waals surface area contributed by atoms with E-state index in [9.17, 15) is 13.2 Å². The number of amides is 1. The summed E-state index contributed by atoms with van der Waals surface area (Å²) in [4.78, 5) is 14.0. The van der Waals surface area contributed by atoms with Crippen molar-refractivity contribution in [2.45, 2.75) is 4.90 Å². The predicted octanol–water partition coefficient (Wildman–Crippen LogP) is 4.49. The van der Waals surface area contributed by atoms with Crippen LogP contribution in [0.1, 0.15) is 4.88 Å². The molecule has 3 rings (SSSR count). The molecule has 0 saturated carbocycles. The van der Waals surface area contributed by atoms with Crippen molar-refractivity contribution in [3.8, 4) is 16.2 Å². The molecule has 1 amide bonds. The minimum Gasteiger partial charge on any atom is -0.495 e. The van der Waals surface area contributed by atoms with Gasteiger partial charge in [0.1, 0.15) is 10.6 Å². The number of benzene rings is 2. The molecule has 0 saturated heterocycles. The minimum atomic E-state index is -3.98. The fourth-order valence-corrected chi connectivity index (χ4v) is 4.43. The number of halogens is 1. The highest BCUT2D eigenvalue weighted by Gasteiger charge is 2.16. The molecule has 0 bridgehead atoms. The van der Waals surface area contributed by atoms with Crippen molar-refractivity contribution in [1.29, 1.82) is 0 Å². The Labute approximate surface area is 181 Å². The summed E-state index contributed by atoms with van der Waals surface area (Å²) in [6.45, 7) is 0. The number of ether oxygens (including phenoxy) is 1. The van der Waals surface area contributed by atoms with Crippen LogP contribution in [0.3, 0.4) is 0 Å². The molecule has 0 aliphatic heterocycles. The summed E-state index contributed by atoms with van der Waals surface area (Å²) in [7, 11) is -2.64. The number of nitrogens with one attached hydrogen (secondary N) is 1. The van der Waals surface area contributed by atoms with Crippen molar-refractivity contribution in [3.05, 3.63) is 70.0 Å². The summed E-state index contributed by atoms with van der Waals surface area (Å²) in [6.07, 6.45) is 3.09. The highest BCUT2D eigenvalue weighted by Crippen LogP contribution is 2.30. The summed E-state index contributed by atoms with van der Waals surface area (Å²) in [5.41, 5.74) is 1.39. The summed E-state index contributed by atoms with van der Waals surface area (Å²) in [5.74, 6) is -0.283. The van der Waals surface area contributed by atoms with Gasteiger partial charge in [0.2, 0.25) is 15.9 Å². The summed E-state index contributed by atoms with van der Waals surface area (Å²) >= 11 is 4.97. The number of nitrogens with two attached hydrogens (primary N) is 1. The van der Waals surface area contributed by atoms with Crippen LogP contribution in [0.2, 0.25) is 0 Å². The first-order valence-electron chi connectivity index (χ1n) is 8.32. The van der Waals surface area contributed by atoms with Crippen molar-refractivity contribution in [3.63, 3.8) is 0 Å². The highest BCUT2D eigenvalue weighted by molar-refractivity contribution is 9.10. The summed E-state index contributed by atoms with van der Waals surface area (Å²) in [5, 5.41) is 7.81. The summed E-state index contributed by atoms with van der Waals surface area (Å²) < 4.78 is 29.3. The molecule has 0 radical (unpaired) electrons. The fraction of sp³-hybridized carbons (Fsp3) is 0.0500. The zero-order chi connectivity index (χ0) is 21.0. The molecule has 0 unspecified atom stereocenters. The molecule has 2 aromatic carbocycles. The van der Waals surface area contributed by atoms with E-state index in [1.165, 1.54) is 31.4 Å². The molecule has 3 aromatic rings. The lowest BCUT2D eigenvalue weighted by Gasteiger charge is -2.09. The number of rotatable bonds is 6. The number of hydrogen-bond donors (Lipinski definition) is 2. The van der Waals surface area contributed by atoms with Gasteiger partial charge in [-0.05, 0) is 54.1 Å². The molecular weight excluding hydrogens is 476 g/mol. The minimum absolute atomic E-state index is 0.111. The van der Waals surface area contributed by atoms with Crippen molar-refractivity contribution >= 4 is 55.0 Å². The largest absolute Gasteiger partial charge is 0.495 e. The molecule has 0 spiro atoms. The van der Waals surface area contributed by atoms with Gasteiger partial charge in [0.15, 0.2) is 0 Å². The molecule has 9 heteroatoms. The second-order valence-electron chi connectivity index (χ2n) is 5.94. The second-order valence-corrected chi connectivity index (χ2v) is 9.50. The van der Waals surface area contributed by atoms with Gasteiger partial charge in [-0.1, -0.05) is 28.1 Å². The zero-order valence-corrected chi connectivity index (χ0v) is 18.5. The van der Waals surface area contributed by atoms with Crippen molar-refractivity contribution < 1.29 is 17.9 Å². The maximum Gasteiger partial charge on any atom is 0.248 e. The van der Waals surface area contributed by atoms with Gasteiger partial charge in [-0.3, -0.25) is 4.79 Å². The van der Waals surface area contributed by atoms with E-state index < -0.39 is 15.9 Å². The van der Waals surface area contributed by atoms with E-state index in [1.54, 1.807) is 17.4 Å². The molecule has 0 atom stereocenters. The molecule has 0 aliphatic carbocycles. The molecule has 0 fully saturated rings. The van der Waals surface area contributed by atoms with E-state index in [0.717, 1.165) is 19.8 Å². The van der Waals surface area contributed by atoms with Crippen LogP contribution in [-0.4, -0.2) is 21.4 Å². The van der Waals surface area contributed by atoms with Crippen LogP contribution in [0, 0.1) is 0 Å². The van der Waals surface area contributed by atoms with Gasteiger partial charge in [-0.2, -0.15) is 0 Å². The molecule has 29 heavy (non-hydrogen) atoms. The first-order chi connectivity index (χ1) is 13.8. The summed E-state index contributed by atoms with van der Waals surface area (Å²) in [6, 6.07) is 16.1. The number of anilines is 1. The van der Waals surface area contributed by atoms with E-state index in [4.69, 9.17) is 9.88 Å². The van der Waals surface area contributed by atoms with Crippen molar-refractivity contribution in [1.82, 2.24) is 0 Å². The Morgan fingerprint density at radius 1 is 1.14 bits per heavy atom. The Morgan fingerprint density at radius 3 is 2.52 bits per heavy atom. The maximum absolute atomic E-state index is 12.2. The van der Waals surface area contributed by atoms with E-state index in [2.05, 4.69) is 21.2 Å². The van der Waals surface area contributed by atoms with Crippen LogP contribution >= 0.6 is 27.3 Å². The highest BCUT2D eigenvalue weighted by atomic mass is 79.9.